The molecular formula is C23H31N3O. The zero-order valence-corrected chi connectivity index (χ0v) is 16.7. The third-order valence-corrected chi connectivity index (χ3v) is 8.81. The predicted octanol–water partition coefficient (Wildman–Crippen LogP) is 4.43. The van der Waals surface area contributed by atoms with Crippen LogP contribution in [-0.4, -0.2) is 33.9 Å². The summed E-state index contributed by atoms with van der Waals surface area (Å²) in [6.45, 7) is 4.93. The molecule has 0 bridgehead atoms. The van der Waals surface area contributed by atoms with E-state index >= 15 is 0 Å². The lowest BCUT2D eigenvalue weighted by Crippen LogP contribution is -2.59. The molecule has 0 unspecified atom stereocenters. The van der Waals surface area contributed by atoms with Crippen molar-refractivity contribution < 1.29 is 4.79 Å². The molecule has 4 aliphatic rings. The lowest BCUT2D eigenvalue weighted by molar-refractivity contribution is -0.137. The minimum atomic E-state index is 0.139. The van der Waals surface area contributed by atoms with Crippen molar-refractivity contribution in [2.24, 2.45) is 28.6 Å². The molecule has 5 rings (SSSR count). The smallest absolute Gasteiger partial charge is 0.246 e. The van der Waals surface area contributed by atoms with Crippen LogP contribution in [-0.2, 0) is 4.79 Å². The van der Waals surface area contributed by atoms with E-state index < -0.39 is 0 Å². The number of H-pyrrole nitrogens is 1. The number of allylic oxidation sites excluding steroid dienone is 1. The summed E-state index contributed by atoms with van der Waals surface area (Å²) in [5, 5.41) is 0. The number of hydrogen-bond acceptors (Lipinski definition) is 2. The molecule has 27 heavy (non-hydrogen) atoms. The van der Waals surface area contributed by atoms with Gasteiger partial charge in [-0.15, -0.1) is 0 Å². The van der Waals surface area contributed by atoms with Crippen molar-refractivity contribution in [3.63, 3.8) is 0 Å². The van der Waals surface area contributed by atoms with Crippen LogP contribution in [0.5, 0.6) is 0 Å². The van der Waals surface area contributed by atoms with Crippen molar-refractivity contribution in [2.75, 3.05) is 7.05 Å². The Bertz CT molecular complexity index is 810. The van der Waals surface area contributed by atoms with Crippen LogP contribution in [0.2, 0.25) is 0 Å². The van der Waals surface area contributed by atoms with Gasteiger partial charge in [-0.3, -0.25) is 4.79 Å². The number of hydrogen-bond donors (Lipinski definition) is 1. The van der Waals surface area contributed by atoms with Gasteiger partial charge in [0.2, 0.25) is 5.91 Å². The highest BCUT2D eigenvalue weighted by Gasteiger charge is 2.59. The molecule has 3 saturated carbocycles. The number of nitrogens with zero attached hydrogens (tertiary/aromatic N) is 2. The fourth-order valence-electron chi connectivity index (χ4n) is 7.34. The van der Waals surface area contributed by atoms with Gasteiger partial charge in [0.1, 0.15) is 5.82 Å². The molecule has 4 heteroatoms. The molecule has 2 heterocycles. The van der Waals surface area contributed by atoms with Crippen molar-refractivity contribution in [3.05, 3.63) is 35.9 Å². The molecule has 0 radical (unpaired) electrons. The Balaban J connectivity index is 1.47. The fourth-order valence-corrected chi connectivity index (χ4v) is 7.34. The number of likely N-dealkylation sites (N-methyl/N-ethyl adjacent to an activating group) is 1. The van der Waals surface area contributed by atoms with Gasteiger partial charge in [-0.2, -0.15) is 0 Å². The van der Waals surface area contributed by atoms with E-state index in [0.717, 1.165) is 24.1 Å². The second-order valence-electron chi connectivity index (χ2n) is 9.76. The molecule has 1 aromatic rings. The van der Waals surface area contributed by atoms with Crippen molar-refractivity contribution in [1.82, 2.24) is 14.9 Å². The summed E-state index contributed by atoms with van der Waals surface area (Å²) in [6.07, 6.45) is 17.6. The molecule has 0 saturated heterocycles. The van der Waals surface area contributed by atoms with E-state index in [1.165, 1.54) is 32.1 Å². The SMILES string of the molecule is CN1C(=O)C=C[C@]2(C)[C@H]3CC[C@]4(C)/C(=C/c5ncc[nH]5)CC[C@H]4[C@@H]3CC[C@@H]12. The van der Waals surface area contributed by atoms with Gasteiger partial charge in [-0.1, -0.05) is 25.5 Å². The molecule has 3 aliphatic carbocycles. The number of carbonyl (C=O) groups excluding carboxylic acids is 1. The molecular weight excluding hydrogens is 334 g/mol. The number of aromatic nitrogens is 2. The first-order valence-corrected chi connectivity index (χ1v) is 10.6. The first kappa shape index (κ1) is 17.3. The maximum absolute atomic E-state index is 12.2. The van der Waals surface area contributed by atoms with Crippen LogP contribution in [0.4, 0.5) is 0 Å². The van der Waals surface area contributed by atoms with E-state index in [9.17, 15) is 4.79 Å². The first-order chi connectivity index (χ1) is 12.9. The number of rotatable bonds is 1. The number of aromatic amines is 1. The summed E-state index contributed by atoms with van der Waals surface area (Å²) in [4.78, 5) is 21.9. The summed E-state index contributed by atoms with van der Waals surface area (Å²) in [5.41, 5.74) is 2.05. The van der Waals surface area contributed by atoms with Gasteiger partial charge in [-0.05, 0) is 73.8 Å². The highest BCUT2D eigenvalue weighted by molar-refractivity contribution is 5.89. The zero-order valence-electron chi connectivity index (χ0n) is 16.7. The Hall–Kier alpha value is -1.84. The predicted molar refractivity (Wildman–Crippen MR) is 107 cm³/mol. The number of amides is 1. The van der Waals surface area contributed by atoms with E-state index in [1.54, 1.807) is 5.57 Å². The van der Waals surface area contributed by atoms with Gasteiger partial charge in [0.25, 0.3) is 0 Å². The van der Waals surface area contributed by atoms with Gasteiger partial charge in [0.05, 0.1) is 0 Å². The van der Waals surface area contributed by atoms with Crippen LogP contribution in [0, 0.1) is 28.6 Å². The lowest BCUT2D eigenvalue weighted by Gasteiger charge is -2.59. The minimum Gasteiger partial charge on any atom is -0.345 e. The lowest BCUT2D eigenvalue weighted by atomic mass is 9.48. The van der Waals surface area contributed by atoms with Gasteiger partial charge in [-0.25, -0.2) is 4.98 Å². The van der Waals surface area contributed by atoms with E-state index in [0.29, 0.717) is 17.4 Å². The van der Waals surface area contributed by atoms with Crippen LogP contribution in [0.1, 0.15) is 58.2 Å². The van der Waals surface area contributed by atoms with Crippen molar-refractivity contribution in [1.29, 1.82) is 0 Å². The quantitative estimate of drug-likeness (QED) is 0.800. The fraction of sp³-hybridized carbons (Fsp3) is 0.652. The van der Waals surface area contributed by atoms with Crippen LogP contribution in [0.3, 0.4) is 0 Å². The maximum Gasteiger partial charge on any atom is 0.246 e. The number of nitrogens with one attached hydrogen (secondary N) is 1. The number of fused-ring (bicyclic) bond motifs is 5. The standard InChI is InChI=1S/C23H31N3O/c1-22-10-8-18-16(5-7-19-23(18,2)11-9-21(27)26(19)3)17(22)6-4-15(22)14-20-24-12-13-25-20/h9,11-14,16-19H,4-8,10H2,1-3H3,(H,24,25)/b15-14+/t16-,17-,18-,19+,22+,23+/m0/s1. The van der Waals surface area contributed by atoms with E-state index in [4.69, 9.17) is 0 Å². The molecule has 0 aromatic carbocycles. The van der Waals surface area contributed by atoms with Crippen molar-refractivity contribution in [3.8, 4) is 0 Å². The number of imidazole rings is 1. The van der Waals surface area contributed by atoms with Crippen LogP contribution in [0.25, 0.3) is 6.08 Å². The number of carbonyl (C=O) groups is 1. The second-order valence-corrected chi connectivity index (χ2v) is 9.76. The molecule has 6 atom stereocenters. The Kier molecular flexibility index (Phi) is 3.73. The van der Waals surface area contributed by atoms with E-state index in [2.05, 4.69) is 36.0 Å². The minimum absolute atomic E-state index is 0.139. The average molecular weight is 366 g/mol. The highest BCUT2D eigenvalue weighted by atomic mass is 16.2. The third kappa shape index (κ3) is 2.34. The second kappa shape index (κ2) is 5.83. The summed E-state index contributed by atoms with van der Waals surface area (Å²) in [7, 11) is 2.00. The molecule has 3 fully saturated rings. The van der Waals surface area contributed by atoms with E-state index in [-0.39, 0.29) is 11.3 Å². The van der Waals surface area contributed by atoms with Gasteiger partial charge >= 0.3 is 0 Å². The average Bonchev–Trinajstić information content (AvgIpc) is 3.27. The maximum atomic E-state index is 12.2. The summed E-state index contributed by atoms with van der Waals surface area (Å²) < 4.78 is 0. The van der Waals surface area contributed by atoms with Crippen LogP contribution >= 0.6 is 0 Å². The largest absolute Gasteiger partial charge is 0.345 e. The first-order valence-electron chi connectivity index (χ1n) is 10.6. The summed E-state index contributed by atoms with van der Waals surface area (Å²) in [6, 6.07) is 0.375. The molecule has 0 spiro atoms. The molecule has 1 aliphatic heterocycles. The van der Waals surface area contributed by atoms with Gasteiger partial charge in [0, 0.05) is 30.9 Å². The normalized spacial score (nSPS) is 44.9. The van der Waals surface area contributed by atoms with Crippen molar-refractivity contribution in [2.45, 2.75) is 58.4 Å². The Morgan fingerprint density at radius 2 is 2.07 bits per heavy atom. The summed E-state index contributed by atoms with van der Waals surface area (Å²) in [5.74, 6) is 3.43. The van der Waals surface area contributed by atoms with Gasteiger partial charge < -0.3 is 9.88 Å². The van der Waals surface area contributed by atoms with E-state index in [1.807, 2.05) is 30.4 Å². The highest BCUT2D eigenvalue weighted by Crippen LogP contribution is 2.65. The molecule has 1 N–H and O–H groups in total. The molecule has 1 aromatic heterocycles. The zero-order chi connectivity index (χ0) is 18.8. The molecule has 4 nitrogen and oxygen atoms in total. The topological polar surface area (TPSA) is 49.0 Å². The Morgan fingerprint density at radius 1 is 1.22 bits per heavy atom. The van der Waals surface area contributed by atoms with Crippen LogP contribution in [0.15, 0.2) is 30.1 Å². The van der Waals surface area contributed by atoms with Gasteiger partial charge in [0.15, 0.2) is 0 Å². The Morgan fingerprint density at radius 3 is 2.85 bits per heavy atom. The summed E-state index contributed by atoms with van der Waals surface area (Å²) >= 11 is 0. The van der Waals surface area contributed by atoms with Crippen LogP contribution < -0.4 is 0 Å². The third-order valence-electron chi connectivity index (χ3n) is 8.81. The van der Waals surface area contributed by atoms with Crippen molar-refractivity contribution >= 4 is 12.0 Å². The molecule has 144 valence electrons. The monoisotopic (exact) mass is 365 g/mol. The molecule has 1 amide bonds. The Labute approximate surface area is 162 Å².